The molecule has 0 radical (unpaired) electrons. The van der Waals surface area contributed by atoms with Gasteiger partial charge in [0.25, 0.3) is 0 Å². The predicted octanol–water partition coefficient (Wildman–Crippen LogP) is 3.67. The van der Waals surface area contributed by atoms with E-state index in [1.54, 1.807) is 0 Å². The zero-order valence-corrected chi connectivity index (χ0v) is 12.6. The van der Waals surface area contributed by atoms with Crippen LogP contribution in [0.5, 0.6) is 0 Å². The van der Waals surface area contributed by atoms with Gasteiger partial charge in [0.2, 0.25) is 5.91 Å². The minimum Gasteiger partial charge on any atom is -0.325 e. The highest BCUT2D eigenvalue weighted by atomic mass is 16.1. The van der Waals surface area contributed by atoms with Crippen molar-refractivity contribution in [3.05, 3.63) is 29.8 Å². The maximum atomic E-state index is 11.9. The monoisotopic (exact) mass is 274 g/mol. The lowest BCUT2D eigenvalue weighted by Crippen LogP contribution is -2.34. The van der Waals surface area contributed by atoms with Crippen molar-refractivity contribution in [3.63, 3.8) is 0 Å². The van der Waals surface area contributed by atoms with Gasteiger partial charge >= 0.3 is 0 Å². The van der Waals surface area contributed by atoms with E-state index in [1.807, 2.05) is 12.1 Å². The van der Waals surface area contributed by atoms with Crippen LogP contribution in [0.2, 0.25) is 0 Å². The summed E-state index contributed by atoms with van der Waals surface area (Å²) >= 11 is 0. The molecule has 1 unspecified atom stereocenters. The van der Waals surface area contributed by atoms with Crippen molar-refractivity contribution in [1.82, 2.24) is 5.32 Å². The van der Waals surface area contributed by atoms with Crippen LogP contribution in [0.25, 0.3) is 0 Å². The van der Waals surface area contributed by atoms with Gasteiger partial charge in [0.15, 0.2) is 0 Å². The molecule has 0 saturated heterocycles. The molecule has 1 fully saturated rings. The first-order valence-electron chi connectivity index (χ1n) is 7.82. The molecule has 0 spiro atoms. The Morgan fingerprint density at radius 3 is 2.50 bits per heavy atom. The molecule has 2 N–H and O–H groups in total. The Balaban J connectivity index is 1.78. The smallest absolute Gasteiger partial charge is 0.238 e. The van der Waals surface area contributed by atoms with E-state index < -0.39 is 0 Å². The zero-order valence-electron chi connectivity index (χ0n) is 12.6. The van der Waals surface area contributed by atoms with Crippen molar-refractivity contribution < 1.29 is 4.79 Å². The zero-order chi connectivity index (χ0) is 14.4. The van der Waals surface area contributed by atoms with Crippen LogP contribution in [0.1, 0.15) is 57.4 Å². The first kappa shape index (κ1) is 15.0. The number of nitrogens with one attached hydrogen (secondary N) is 2. The molecule has 2 rings (SSSR count). The van der Waals surface area contributed by atoms with E-state index >= 15 is 0 Å². The van der Waals surface area contributed by atoms with Crippen LogP contribution >= 0.6 is 0 Å². The Labute approximate surface area is 122 Å². The number of hydrogen-bond acceptors (Lipinski definition) is 2. The van der Waals surface area contributed by atoms with Gasteiger partial charge in [0.1, 0.15) is 0 Å². The van der Waals surface area contributed by atoms with Crippen LogP contribution in [-0.4, -0.2) is 18.5 Å². The van der Waals surface area contributed by atoms with Crippen molar-refractivity contribution in [3.8, 4) is 0 Å². The molecular formula is C17H26N2O. The highest BCUT2D eigenvalue weighted by Gasteiger charge is 2.15. The summed E-state index contributed by atoms with van der Waals surface area (Å²) in [7, 11) is 0. The van der Waals surface area contributed by atoms with E-state index in [2.05, 4.69) is 36.6 Å². The second kappa shape index (κ2) is 7.44. The van der Waals surface area contributed by atoms with Gasteiger partial charge in [-0.2, -0.15) is 0 Å². The summed E-state index contributed by atoms with van der Waals surface area (Å²) < 4.78 is 0. The van der Waals surface area contributed by atoms with E-state index in [-0.39, 0.29) is 5.91 Å². The third-order valence-corrected chi connectivity index (χ3v) is 4.28. The fourth-order valence-electron chi connectivity index (χ4n) is 2.70. The van der Waals surface area contributed by atoms with Crippen LogP contribution in [-0.2, 0) is 4.79 Å². The Bertz CT molecular complexity index is 421. The lowest BCUT2D eigenvalue weighted by molar-refractivity contribution is -0.115. The number of rotatable bonds is 6. The number of carbonyl (C=O) groups excluding carboxylic acids is 1. The second-order valence-electron chi connectivity index (χ2n) is 5.84. The lowest BCUT2D eigenvalue weighted by atomic mass is 9.99. The predicted molar refractivity (Wildman–Crippen MR) is 84.0 cm³/mol. The Hall–Kier alpha value is -1.35. The fraction of sp³-hybridized carbons (Fsp3) is 0.588. The summed E-state index contributed by atoms with van der Waals surface area (Å²) in [5, 5.41) is 6.28. The molecule has 1 atom stereocenters. The highest BCUT2D eigenvalue weighted by Crippen LogP contribution is 2.20. The van der Waals surface area contributed by atoms with E-state index in [1.165, 1.54) is 31.2 Å². The fourth-order valence-corrected chi connectivity index (χ4v) is 2.70. The molecule has 1 aromatic rings. The molecule has 1 saturated carbocycles. The van der Waals surface area contributed by atoms with Crippen molar-refractivity contribution in [2.24, 2.45) is 0 Å². The summed E-state index contributed by atoms with van der Waals surface area (Å²) in [5.41, 5.74) is 2.21. The molecule has 1 amide bonds. The van der Waals surface area contributed by atoms with Gasteiger partial charge in [-0.25, -0.2) is 0 Å². The molecule has 0 aromatic heterocycles. The van der Waals surface area contributed by atoms with Crippen molar-refractivity contribution in [2.75, 3.05) is 11.9 Å². The minimum absolute atomic E-state index is 0.0492. The number of amides is 1. The maximum absolute atomic E-state index is 11.9. The molecule has 1 aliphatic rings. The molecule has 0 aliphatic heterocycles. The lowest BCUT2D eigenvalue weighted by Gasteiger charge is -2.13. The third-order valence-electron chi connectivity index (χ3n) is 4.28. The van der Waals surface area contributed by atoms with E-state index in [4.69, 9.17) is 0 Å². The summed E-state index contributed by atoms with van der Waals surface area (Å²) in [4.78, 5) is 11.9. The van der Waals surface area contributed by atoms with Crippen molar-refractivity contribution >= 4 is 11.6 Å². The summed E-state index contributed by atoms with van der Waals surface area (Å²) in [5.74, 6) is 0.622. The first-order valence-corrected chi connectivity index (χ1v) is 7.82. The average molecular weight is 274 g/mol. The standard InChI is InChI=1S/C17H26N2O/c1-3-13(2)14-8-10-16(11-9-14)19-17(20)12-18-15-6-4-5-7-15/h8-11,13,15,18H,3-7,12H2,1-2H3,(H,19,20). The van der Waals surface area contributed by atoms with Crippen molar-refractivity contribution in [2.45, 2.75) is 57.9 Å². The first-order chi connectivity index (χ1) is 9.69. The molecule has 1 aromatic carbocycles. The summed E-state index contributed by atoms with van der Waals surface area (Å²) in [6.07, 6.45) is 6.12. The number of benzene rings is 1. The average Bonchev–Trinajstić information content (AvgIpc) is 2.98. The highest BCUT2D eigenvalue weighted by molar-refractivity contribution is 5.92. The number of anilines is 1. The van der Waals surface area contributed by atoms with E-state index in [9.17, 15) is 4.79 Å². The quantitative estimate of drug-likeness (QED) is 0.831. The van der Waals surface area contributed by atoms with Crippen LogP contribution in [0, 0.1) is 0 Å². The molecule has 3 heteroatoms. The molecule has 0 heterocycles. The minimum atomic E-state index is 0.0492. The van der Waals surface area contributed by atoms with Gasteiger partial charge in [-0.05, 0) is 42.9 Å². The third kappa shape index (κ3) is 4.34. The van der Waals surface area contributed by atoms with Crippen LogP contribution in [0.15, 0.2) is 24.3 Å². The molecule has 3 nitrogen and oxygen atoms in total. The summed E-state index contributed by atoms with van der Waals surface area (Å²) in [6.45, 7) is 4.83. The van der Waals surface area contributed by atoms with Crippen molar-refractivity contribution in [1.29, 1.82) is 0 Å². The van der Waals surface area contributed by atoms with Gasteiger partial charge in [0.05, 0.1) is 6.54 Å². The topological polar surface area (TPSA) is 41.1 Å². The van der Waals surface area contributed by atoms with Crippen LogP contribution in [0.4, 0.5) is 5.69 Å². The maximum Gasteiger partial charge on any atom is 0.238 e. The number of hydrogen-bond donors (Lipinski definition) is 2. The summed E-state index contributed by atoms with van der Waals surface area (Å²) in [6, 6.07) is 8.74. The molecule has 110 valence electrons. The van der Waals surface area contributed by atoms with E-state index in [0.717, 1.165) is 12.1 Å². The van der Waals surface area contributed by atoms with Gasteiger partial charge in [-0.3, -0.25) is 4.79 Å². The Kier molecular flexibility index (Phi) is 5.60. The molecular weight excluding hydrogens is 248 g/mol. The Morgan fingerprint density at radius 1 is 1.25 bits per heavy atom. The SMILES string of the molecule is CCC(C)c1ccc(NC(=O)CNC2CCCC2)cc1. The Morgan fingerprint density at radius 2 is 1.90 bits per heavy atom. The van der Waals surface area contributed by atoms with Gasteiger partial charge in [0, 0.05) is 11.7 Å². The molecule has 20 heavy (non-hydrogen) atoms. The second-order valence-corrected chi connectivity index (χ2v) is 5.84. The van der Waals surface area contributed by atoms with Crippen LogP contribution < -0.4 is 10.6 Å². The largest absolute Gasteiger partial charge is 0.325 e. The molecule has 0 bridgehead atoms. The van der Waals surface area contributed by atoms with Gasteiger partial charge in [-0.15, -0.1) is 0 Å². The number of carbonyl (C=O) groups is 1. The normalized spacial score (nSPS) is 17.1. The van der Waals surface area contributed by atoms with E-state index in [0.29, 0.717) is 18.5 Å². The van der Waals surface area contributed by atoms with Gasteiger partial charge in [-0.1, -0.05) is 38.8 Å². The molecule has 1 aliphatic carbocycles. The van der Waals surface area contributed by atoms with Gasteiger partial charge < -0.3 is 10.6 Å². The van der Waals surface area contributed by atoms with Crippen LogP contribution in [0.3, 0.4) is 0 Å².